The molecule has 1 amide bonds. The molecule has 2 unspecified atom stereocenters. The number of hydrogen-bond donors (Lipinski definition) is 3. The van der Waals surface area contributed by atoms with Crippen LogP contribution in [-0.2, 0) is 14.3 Å². The normalized spacial score (nSPS) is 12.9. The minimum absolute atomic E-state index is 0.0368. The molecule has 0 spiro atoms. The van der Waals surface area contributed by atoms with Gasteiger partial charge in [0.05, 0.1) is 25.4 Å². The van der Waals surface area contributed by atoms with Gasteiger partial charge in [-0.05, 0) is 83.5 Å². The van der Waals surface area contributed by atoms with E-state index in [0.717, 1.165) is 89.9 Å². The molecule has 0 saturated heterocycles. The van der Waals surface area contributed by atoms with Gasteiger partial charge < -0.3 is 20.3 Å². The van der Waals surface area contributed by atoms with E-state index in [9.17, 15) is 19.8 Å². The third kappa shape index (κ3) is 55.1. The van der Waals surface area contributed by atoms with Crippen LogP contribution in [0.25, 0.3) is 0 Å². The van der Waals surface area contributed by atoms with Gasteiger partial charge in [-0.1, -0.05) is 274 Å². The smallest absolute Gasteiger partial charge is 0.305 e. The standard InChI is InChI=1S/C64H119NO5/c1-3-5-7-9-11-13-15-17-18-19-20-21-22-23-24-25-26-27-29-33-36-40-44-48-52-56-62(67)61(60-66)65-63(68)57-53-49-45-41-37-34-30-28-31-35-39-43-47-51-55-59-70-64(69)58-54-50-46-42-38-32-16-14-12-10-8-6-4-2/h8,10,14,16,28,31,35,39,61-62,66-67H,3-7,9,11-13,15,17-27,29-30,32-34,36-38,40-60H2,1-2H3,(H,65,68)/b10-8-,16-14-,31-28-,39-35-. The monoisotopic (exact) mass is 982 g/mol. The largest absolute Gasteiger partial charge is 0.466 e. The molecule has 0 aromatic carbocycles. The highest BCUT2D eigenvalue weighted by molar-refractivity contribution is 5.76. The summed E-state index contributed by atoms with van der Waals surface area (Å²) in [6.45, 7) is 4.84. The maximum absolute atomic E-state index is 12.5. The Kier molecular flexibility index (Phi) is 57.5. The SMILES string of the molecule is CCC/C=C\C/C=C\CCCCCCCC(=O)OCCCCC/C=C\C=C/CCCCCCCCC(=O)NC(CO)C(O)CCCCCCCCCCCCCCCCCCCCCCCCCCC. The third-order valence-electron chi connectivity index (χ3n) is 14.1. The molecule has 3 N–H and O–H groups in total. The molecular formula is C64H119NO5. The van der Waals surface area contributed by atoms with Crippen molar-refractivity contribution in [2.75, 3.05) is 13.2 Å². The number of carbonyl (C=O) groups is 2. The molecule has 0 saturated carbocycles. The fourth-order valence-corrected chi connectivity index (χ4v) is 9.38. The van der Waals surface area contributed by atoms with Crippen molar-refractivity contribution in [1.29, 1.82) is 0 Å². The number of unbranched alkanes of at least 4 members (excludes halogenated alkanes) is 39. The van der Waals surface area contributed by atoms with E-state index in [4.69, 9.17) is 4.74 Å². The summed E-state index contributed by atoms with van der Waals surface area (Å²) in [6.07, 6.45) is 75.5. The Morgan fingerprint density at radius 3 is 1.23 bits per heavy atom. The molecule has 6 nitrogen and oxygen atoms in total. The van der Waals surface area contributed by atoms with Crippen molar-refractivity contribution in [2.24, 2.45) is 0 Å². The number of allylic oxidation sites excluding steroid dienone is 8. The maximum atomic E-state index is 12.5. The number of esters is 1. The Balaban J connectivity index is 3.51. The van der Waals surface area contributed by atoms with Crippen LogP contribution in [0.2, 0.25) is 0 Å². The van der Waals surface area contributed by atoms with Crippen LogP contribution in [0, 0.1) is 0 Å². The van der Waals surface area contributed by atoms with Crippen molar-refractivity contribution in [1.82, 2.24) is 5.32 Å². The van der Waals surface area contributed by atoms with Gasteiger partial charge in [0.25, 0.3) is 0 Å². The first-order valence-corrected chi connectivity index (χ1v) is 30.9. The summed E-state index contributed by atoms with van der Waals surface area (Å²) < 4.78 is 5.43. The molecule has 0 bridgehead atoms. The highest BCUT2D eigenvalue weighted by Crippen LogP contribution is 2.18. The molecule has 0 aromatic heterocycles. The lowest BCUT2D eigenvalue weighted by Crippen LogP contribution is -2.45. The summed E-state index contributed by atoms with van der Waals surface area (Å²) in [4.78, 5) is 24.5. The minimum atomic E-state index is -0.682. The Labute approximate surface area is 436 Å². The van der Waals surface area contributed by atoms with Gasteiger partial charge in [0.15, 0.2) is 0 Å². The predicted molar refractivity (Wildman–Crippen MR) is 306 cm³/mol. The predicted octanol–water partition coefficient (Wildman–Crippen LogP) is 19.4. The van der Waals surface area contributed by atoms with Gasteiger partial charge in [-0.15, -0.1) is 0 Å². The second-order valence-electron chi connectivity index (χ2n) is 21.1. The molecule has 70 heavy (non-hydrogen) atoms. The molecule has 0 aliphatic carbocycles. The Morgan fingerprint density at radius 2 is 0.786 bits per heavy atom. The van der Waals surface area contributed by atoms with Crippen LogP contribution in [-0.4, -0.2) is 47.4 Å². The average molecular weight is 983 g/mol. The first kappa shape index (κ1) is 67.8. The van der Waals surface area contributed by atoms with Crippen molar-refractivity contribution in [3.05, 3.63) is 48.6 Å². The molecule has 0 heterocycles. The van der Waals surface area contributed by atoms with Crippen LogP contribution < -0.4 is 5.32 Å². The van der Waals surface area contributed by atoms with Crippen LogP contribution >= 0.6 is 0 Å². The zero-order chi connectivity index (χ0) is 50.7. The Bertz CT molecular complexity index is 1180. The lowest BCUT2D eigenvalue weighted by atomic mass is 10.0. The van der Waals surface area contributed by atoms with E-state index >= 15 is 0 Å². The molecule has 6 heteroatoms. The van der Waals surface area contributed by atoms with Crippen LogP contribution in [0.3, 0.4) is 0 Å². The van der Waals surface area contributed by atoms with Crippen LogP contribution in [0.1, 0.15) is 322 Å². The fourth-order valence-electron chi connectivity index (χ4n) is 9.38. The van der Waals surface area contributed by atoms with E-state index in [0.29, 0.717) is 25.9 Å². The molecule has 0 aromatic rings. The molecule has 0 rings (SSSR count). The topological polar surface area (TPSA) is 95.9 Å². The van der Waals surface area contributed by atoms with Gasteiger partial charge in [0.2, 0.25) is 5.91 Å². The fraction of sp³-hybridized carbons (Fsp3) is 0.844. The van der Waals surface area contributed by atoms with Crippen molar-refractivity contribution in [3.8, 4) is 0 Å². The molecule has 0 radical (unpaired) electrons. The summed E-state index contributed by atoms with van der Waals surface area (Å²) in [6, 6.07) is -0.561. The summed E-state index contributed by atoms with van der Waals surface area (Å²) >= 11 is 0. The third-order valence-corrected chi connectivity index (χ3v) is 14.1. The molecule has 0 aliphatic rings. The number of rotatable bonds is 57. The zero-order valence-electron chi connectivity index (χ0n) is 46.7. The van der Waals surface area contributed by atoms with E-state index in [1.165, 1.54) is 199 Å². The zero-order valence-corrected chi connectivity index (χ0v) is 46.7. The number of ether oxygens (including phenoxy) is 1. The highest BCUT2D eigenvalue weighted by Gasteiger charge is 2.20. The number of nitrogens with one attached hydrogen (secondary N) is 1. The van der Waals surface area contributed by atoms with Gasteiger partial charge >= 0.3 is 5.97 Å². The van der Waals surface area contributed by atoms with Gasteiger partial charge in [-0.2, -0.15) is 0 Å². The van der Waals surface area contributed by atoms with Gasteiger partial charge in [0.1, 0.15) is 0 Å². The molecule has 0 fully saturated rings. The Hall–Kier alpha value is -2.18. The van der Waals surface area contributed by atoms with Gasteiger partial charge in [-0.25, -0.2) is 0 Å². The Morgan fingerprint density at radius 1 is 0.414 bits per heavy atom. The number of carbonyl (C=O) groups excluding carboxylic acids is 2. The number of aliphatic hydroxyl groups is 2. The molecular weight excluding hydrogens is 863 g/mol. The van der Waals surface area contributed by atoms with E-state index in [1.807, 2.05) is 0 Å². The highest BCUT2D eigenvalue weighted by atomic mass is 16.5. The van der Waals surface area contributed by atoms with E-state index in [2.05, 4.69) is 67.8 Å². The lowest BCUT2D eigenvalue weighted by molar-refractivity contribution is -0.143. The quantitative estimate of drug-likeness (QED) is 0.0244. The maximum Gasteiger partial charge on any atom is 0.305 e. The van der Waals surface area contributed by atoms with Gasteiger partial charge in [0, 0.05) is 12.8 Å². The van der Waals surface area contributed by atoms with Crippen LogP contribution in [0.5, 0.6) is 0 Å². The summed E-state index contributed by atoms with van der Waals surface area (Å²) in [5.41, 5.74) is 0. The second-order valence-corrected chi connectivity index (χ2v) is 21.1. The number of hydrogen-bond acceptors (Lipinski definition) is 5. The second kappa shape index (κ2) is 59.4. The van der Waals surface area contributed by atoms with Crippen molar-refractivity contribution in [3.63, 3.8) is 0 Å². The molecule has 410 valence electrons. The lowest BCUT2D eigenvalue weighted by Gasteiger charge is -2.22. The number of aliphatic hydroxyl groups excluding tert-OH is 2. The number of amides is 1. The summed E-state index contributed by atoms with van der Waals surface area (Å²) in [5.74, 6) is -0.0926. The van der Waals surface area contributed by atoms with E-state index < -0.39 is 12.1 Å². The minimum Gasteiger partial charge on any atom is -0.466 e. The molecule has 2 atom stereocenters. The van der Waals surface area contributed by atoms with Crippen molar-refractivity contribution >= 4 is 11.9 Å². The van der Waals surface area contributed by atoms with Crippen molar-refractivity contribution < 1.29 is 24.5 Å². The van der Waals surface area contributed by atoms with Crippen LogP contribution in [0.4, 0.5) is 0 Å². The van der Waals surface area contributed by atoms with Crippen LogP contribution in [0.15, 0.2) is 48.6 Å². The molecule has 0 aliphatic heterocycles. The first-order valence-electron chi connectivity index (χ1n) is 30.9. The van der Waals surface area contributed by atoms with E-state index in [-0.39, 0.29) is 18.5 Å². The summed E-state index contributed by atoms with van der Waals surface area (Å²) in [7, 11) is 0. The van der Waals surface area contributed by atoms with E-state index in [1.54, 1.807) is 0 Å². The van der Waals surface area contributed by atoms with Crippen molar-refractivity contribution in [2.45, 2.75) is 334 Å². The first-order chi connectivity index (χ1) is 34.5. The van der Waals surface area contributed by atoms with Gasteiger partial charge in [-0.3, -0.25) is 9.59 Å². The average Bonchev–Trinajstić information content (AvgIpc) is 3.36. The summed E-state index contributed by atoms with van der Waals surface area (Å²) in [5, 5.41) is 23.4.